The second-order valence-electron chi connectivity index (χ2n) is 40.9. The number of ether oxygens (including phenoxy) is 7. The number of benzene rings is 8. The Morgan fingerprint density at radius 3 is 1.17 bits per heavy atom. The van der Waals surface area contributed by atoms with Gasteiger partial charge in [-0.25, -0.2) is 0 Å². The van der Waals surface area contributed by atoms with E-state index < -0.39 is 24.4 Å². The van der Waals surface area contributed by atoms with Gasteiger partial charge in [0, 0.05) is 73.1 Å². The minimum Gasteiger partial charge on any atom is -0.508 e. The molecule has 4 fully saturated rings. The van der Waals surface area contributed by atoms with E-state index in [1.165, 1.54) is 5.56 Å². The standard InChI is InChI=1S/C78H108O14.C36H48O5/c1-43-25-47(31-53(82)27-43)58-13-10-17-62(64-23-20-51(80)36-75(64)89-6)69-40-71(78(92-9)42-74(69)87)63(65-24-21-52(81)37-76(65)90-7)18-12-15-60(48-26-44(2)28-54(83)32-48)70-39-67(73(86)41-77(70)91-8)59(49-33-55(84)35-56(34-49)88-5)14-11-16-61(57-22-19-50(79)29-45(57)3)68-38-66(58)46(4)30-72(68)85;1-25-19-32(37)27-14-9-5-10-16-29-22-31(36(41-3)24-34(29)39)18-12-6-11-17-30-21-28(33(38)23-35(30)40-2)15-8-4-7-13-26(25)20-27/h19,21-22,24,29-30,37-44,47-49,51,53-56,58-64,75,79-87H,10-18,20,23,25-28,31-36H2,1-9H3;19-24,37-39H,4-18H2,1-3H3/t43-,44+,47+,48-,49-,51?,53?,54?,55?,56-,58-,59-,60+,61+,62+,63-,64?,75-;/m0./s1. The minimum absolute atomic E-state index is 0.00994. The molecule has 0 radical (unpaired) electrons. The average molecular weight is 1830 g/mol. The van der Waals surface area contributed by atoms with Crippen molar-refractivity contribution in [2.45, 2.75) is 338 Å². The smallest absolute Gasteiger partial charge is 0.126 e. The third-order valence-corrected chi connectivity index (χ3v) is 31.7. The van der Waals surface area contributed by atoms with E-state index in [0.29, 0.717) is 143 Å². The zero-order valence-electron chi connectivity index (χ0n) is 81.5. The first kappa shape index (κ1) is 101. The lowest BCUT2D eigenvalue weighted by Gasteiger charge is -2.40. The van der Waals surface area contributed by atoms with E-state index in [-0.39, 0.29) is 106 Å². The Bertz CT molecular complexity index is 5000. The molecule has 0 amide bonds. The summed E-state index contributed by atoms with van der Waals surface area (Å²) in [7, 11) is 11.7. The molecule has 8 aromatic rings. The maximum Gasteiger partial charge on any atom is 0.126 e. The van der Waals surface area contributed by atoms with Gasteiger partial charge in [-0.1, -0.05) is 76.6 Å². The Morgan fingerprint density at radius 1 is 0.256 bits per heavy atom. The number of aryl methyl sites for hydroxylation is 9. The first-order chi connectivity index (χ1) is 64.1. The van der Waals surface area contributed by atoms with Crippen molar-refractivity contribution in [1.82, 2.24) is 0 Å². The summed E-state index contributed by atoms with van der Waals surface area (Å²) >= 11 is 0. The fraction of sp³-hybridized carbons (Fsp3) is 0.579. The van der Waals surface area contributed by atoms with Crippen molar-refractivity contribution in [1.29, 1.82) is 0 Å². The van der Waals surface area contributed by atoms with Crippen LogP contribution >= 0.6 is 0 Å². The molecule has 0 spiro atoms. The number of methoxy groups -OCH3 is 7. The highest BCUT2D eigenvalue weighted by Crippen LogP contribution is 2.56. The molecule has 6 aliphatic rings. The third-order valence-electron chi connectivity index (χ3n) is 31.7. The molecule has 12 N–H and O–H groups in total. The lowest BCUT2D eigenvalue weighted by Crippen LogP contribution is -2.37. The Labute approximate surface area is 791 Å². The number of rotatable bonds is 13. The highest BCUT2D eigenvalue weighted by molar-refractivity contribution is 5.57. The summed E-state index contributed by atoms with van der Waals surface area (Å²) in [6, 6.07) is 34.8. The Balaban J connectivity index is 0.000000305. The molecular formula is C114H156O19. The summed E-state index contributed by atoms with van der Waals surface area (Å²) in [5, 5.41) is 138. The third kappa shape index (κ3) is 25.4. The van der Waals surface area contributed by atoms with Crippen LogP contribution in [0, 0.1) is 56.3 Å². The van der Waals surface area contributed by atoms with Crippen LogP contribution in [0.3, 0.4) is 0 Å². The second kappa shape index (κ2) is 47.6. The maximum absolute atomic E-state index is 12.7. The van der Waals surface area contributed by atoms with Gasteiger partial charge in [0.05, 0.1) is 72.2 Å². The van der Waals surface area contributed by atoms with Crippen molar-refractivity contribution < 1.29 is 94.4 Å². The van der Waals surface area contributed by atoms with E-state index in [0.717, 1.165) is 229 Å². The number of aliphatic hydroxyl groups excluding tert-OH is 4. The average Bonchev–Trinajstić information content (AvgIpc) is 0.762. The molecule has 8 aromatic carbocycles. The zero-order valence-corrected chi connectivity index (χ0v) is 81.5. The lowest BCUT2D eigenvalue weighted by molar-refractivity contribution is -0.0357. The molecule has 0 heterocycles. The predicted octanol–water partition coefficient (Wildman–Crippen LogP) is 23.6. The molecule has 5 unspecified atom stereocenters. The number of hydrogen-bond donors (Lipinski definition) is 12. The number of phenolic OH excluding ortho intramolecular Hbond substituents is 8. The molecule has 19 nitrogen and oxygen atoms in total. The Kier molecular flexibility index (Phi) is 36.3. The topological polar surface area (TPSA) is 307 Å². The van der Waals surface area contributed by atoms with Gasteiger partial charge in [-0.15, -0.1) is 0 Å². The van der Waals surface area contributed by atoms with Crippen LogP contribution in [0.5, 0.6) is 74.7 Å². The van der Waals surface area contributed by atoms with Crippen LogP contribution in [0.15, 0.2) is 109 Å². The lowest BCUT2D eigenvalue weighted by atomic mass is 9.67. The fourth-order valence-corrected chi connectivity index (χ4v) is 25.0. The normalized spacial score (nSPS) is 27.2. The van der Waals surface area contributed by atoms with E-state index in [2.05, 4.69) is 64.1 Å². The van der Waals surface area contributed by atoms with E-state index in [4.69, 9.17) is 33.2 Å². The molecule has 12 bridgehead atoms. The second-order valence-corrected chi connectivity index (χ2v) is 40.9. The molecule has 0 saturated heterocycles. The van der Waals surface area contributed by atoms with E-state index in [1.54, 1.807) is 98.3 Å². The molecule has 14 rings (SSSR count). The van der Waals surface area contributed by atoms with Gasteiger partial charge in [-0.2, -0.15) is 0 Å². The summed E-state index contributed by atoms with van der Waals surface area (Å²) in [4.78, 5) is 0. The van der Waals surface area contributed by atoms with Gasteiger partial charge >= 0.3 is 0 Å². The summed E-state index contributed by atoms with van der Waals surface area (Å²) in [6.45, 7) is 10.6. The van der Waals surface area contributed by atoms with Crippen LogP contribution in [0.4, 0.5) is 0 Å². The van der Waals surface area contributed by atoms with E-state index in [1.807, 2.05) is 31.2 Å². The number of aliphatic hydroxyl groups is 4. The van der Waals surface area contributed by atoms with Crippen molar-refractivity contribution in [3.8, 4) is 74.7 Å². The van der Waals surface area contributed by atoms with Crippen LogP contribution in [0.2, 0.25) is 0 Å². The first-order valence-corrected chi connectivity index (χ1v) is 50.3. The number of aromatic hydroxyl groups is 8. The molecule has 19 heteroatoms. The van der Waals surface area contributed by atoms with Crippen LogP contribution in [-0.2, 0) is 48.0 Å². The van der Waals surface area contributed by atoms with Crippen LogP contribution in [-0.4, -0.2) is 148 Å². The van der Waals surface area contributed by atoms with Crippen molar-refractivity contribution in [2.75, 3.05) is 49.8 Å². The van der Waals surface area contributed by atoms with Crippen LogP contribution in [0.25, 0.3) is 0 Å². The summed E-state index contributed by atoms with van der Waals surface area (Å²) in [5.74, 6) is 4.15. The van der Waals surface area contributed by atoms with Crippen molar-refractivity contribution >= 4 is 0 Å². The zero-order chi connectivity index (χ0) is 94.8. The largest absolute Gasteiger partial charge is 0.508 e. The molecule has 0 aromatic heterocycles. The predicted molar refractivity (Wildman–Crippen MR) is 525 cm³/mol. The van der Waals surface area contributed by atoms with Gasteiger partial charge in [0.1, 0.15) is 74.7 Å². The molecule has 18 atom stereocenters. The first-order valence-electron chi connectivity index (χ1n) is 50.3. The van der Waals surface area contributed by atoms with Gasteiger partial charge in [-0.05, 0) is 405 Å². The van der Waals surface area contributed by atoms with Gasteiger partial charge in [-0.3, -0.25) is 0 Å². The van der Waals surface area contributed by atoms with Gasteiger partial charge < -0.3 is 94.4 Å². The highest BCUT2D eigenvalue weighted by Gasteiger charge is 2.43. The van der Waals surface area contributed by atoms with Crippen molar-refractivity contribution in [2.24, 2.45) is 35.5 Å². The van der Waals surface area contributed by atoms with Crippen molar-refractivity contribution in [3.63, 3.8) is 0 Å². The van der Waals surface area contributed by atoms with Gasteiger partial charge in [0.15, 0.2) is 0 Å². The van der Waals surface area contributed by atoms with Crippen molar-refractivity contribution in [3.05, 3.63) is 204 Å². The number of fused-ring (bicyclic) bond motifs is 12. The highest BCUT2D eigenvalue weighted by atomic mass is 16.5. The molecular weight excluding hydrogens is 1670 g/mol. The summed E-state index contributed by atoms with van der Waals surface area (Å²) in [6.07, 6.45) is 26.3. The Morgan fingerprint density at radius 2 is 0.647 bits per heavy atom. The summed E-state index contributed by atoms with van der Waals surface area (Å²) < 4.78 is 42.4. The van der Waals surface area contributed by atoms with E-state index >= 15 is 0 Å². The van der Waals surface area contributed by atoms with E-state index in [9.17, 15) is 61.3 Å². The molecule has 4 saturated carbocycles. The van der Waals surface area contributed by atoms with Gasteiger partial charge in [0.25, 0.3) is 0 Å². The van der Waals surface area contributed by atoms with Gasteiger partial charge in [0.2, 0.25) is 0 Å². The molecule has 0 aliphatic heterocycles. The molecule has 6 aliphatic carbocycles. The molecule has 726 valence electrons. The quantitative estimate of drug-likeness (QED) is 0.0510. The van der Waals surface area contributed by atoms with Crippen LogP contribution in [0.1, 0.15) is 337 Å². The van der Waals surface area contributed by atoms with Crippen LogP contribution < -0.4 is 23.7 Å². The maximum atomic E-state index is 12.7. The molecule has 133 heavy (non-hydrogen) atoms. The SMILES string of the molecule is COc1cc(O)c2cc1CCCCCc1cc(c(O)cc1OC)CCCCCc1cc(c(C)cc1O)CCCCC2.COc1cc(O)ccc1[C@@H]1CCC[C@H]([C@@H]2CC(O)C[C@H](C)C2)c2cc(c(O)cc2OC)[C@H]([C@H]2CC(O)C[C@@H](OC)C2)CCC[C@H](c2ccc(O)cc2C)c2cc(c(C)cc2O)[C@H]([C@H]2CC(O)C[C@@H](C)C2)CCC[C@H](C2CCC(O)C[C@@H]2OC)c2cc1c(OC)cc2O. The number of phenols is 8. The summed E-state index contributed by atoms with van der Waals surface area (Å²) in [5.41, 5.74) is 16.8. The fourth-order valence-electron chi connectivity index (χ4n) is 25.0. The minimum atomic E-state index is -0.603. The number of hydrogen-bond acceptors (Lipinski definition) is 19. The monoisotopic (exact) mass is 1830 g/mol. The Hall–Kier alpha value is -9.08.